The summed E-state index contributed by atoms with van der Waals surface area (Å²) in [7, 11) is 0. The highest BCUT2D eigenvalue weighted by molar-refractivity contribution is 5.70. The van der Waals surface area contributed by atoms with E-state index in [0.29, 0.717) is 12.8 Å². The van der Waals surface area contributed by atoms with Gasteiger partial charge in [0.25, 0.3) is 0 Å². The summed E-state index contributed by atoms with van der Waals surface area (Å²) in [4.78, 5) is 24.7. The van der Waals surface area contributed by atoms with Crippen molar-refractivity contribution in [3.63, 3.8) is 0 Å². The Morgan fingerprint density at radius 3 is 0.698 bits per heavy atom. The van der Waals surface area contributed by atoms with Gasteiger partial charge in [0.1, 0.15) is 6.61 Å². The van der Waals surface area contributed by atoms with Crippen molar-refractivity contribution in [2.24, 2.45) is 0 Å². The summed E-state index contributed by atoms with van der Waals surface area (Å²) in [6, 6.07) is 0. The monoisotopic (exact) mass is 1190 g/mol. The molecule has 490 valence electrons. The molecule has 0 aromatic rings. The van der Waals surface area contributed by atoms with Crippen molar-refractivity contribution in [1.29, 1.82) is 0 Å². The number of aliphatic hydroxyl groups excluding tert-OH is 1. The molecule has 0 rings (SSSR count). The van der Waals surface area contributed by atoms with Crippen LogP contribution in [-0.2, 0) is 19.1 Å². The van der Waals surface area contributed by atoms with E-state index in [4.69, 9.17) is 9.47 Å². The van der Waals surface area contributed by atoms with Crippen LogP contribution in [0.25, 0.3) is 0 Å². The molecule has 0 bridgehead atoms. The Kier molecular flexibility index (Phi) is 71.3. The molecule has 1 atom stereocenters. The highest BCUT2D eigenvalue weighted by Gasteiger charge is 2.16. The van der Waals surface area contributed by atoms with Gasteiger partial charge in [-0.25, -0.2) is 0 Å². The molecule has 0 fully saturated rings. The maximum atomic E-state index is 12.4. The maximum Gasteiger partial charge on any atom is 0.306 e. The molecule has 0 aromatic carbocycles. The molecule has 1 N–H and O–H groups in total. The third-order valence-electron chi connectivity index (χ3n) is 15.6. The fourth-order valence-corrected chi connectivity index (χ4v) is 10.3. The number of carbonyl (C=O) groups excluding carboxylic acids is 2. The Morgan fingerprint density at radius 2 is 0.465 bits per heavy atom. The number of hydrogen-bond donors (Lipinski definition) is 1. The average Bonchev–Trinajstić information content (AvgIpc) is 3.55. The van der Waals surface area contributed by atoms with Crippen LogP contribution in [0.3, 0.4) is 0 Å². The van der Waals surface area contributed by atoms with Crippen molar-refractivity contribution < 1.29 is 24.2 Å². The van der Waals surface area contributed by atoms with Crippen LogP contribution in [0.1, 0.15) is 335 Å². The van der Waals surface area contributed by atoms with E-state index >= 15 is 0 Å². The van der Waals surface area contributed by atoms with Gasteiger partial charge in [-0.15, -0.1) is 0 Å². The number of rotatable bonds is 66. The quantitative estimate of drug-likeness (QED) is 0.0373. The molecular formula is C81H136O5. The van der Waals surface area contributed by atoms with Crippen LogP contribution in [-0.4, -0.2) is 36.4 Å². The van der Waals surface area contributed by atoms with E-state index in [-0.39, 0.29) is 25.2 Å². The number of unbranched alkanes of at least 4 members (excludes halogenated alkanes) is 34. The van der Waals surface area contributed by atoms with E-state index in [1.807, 2.05) is 0 Å². The lowest BCUT2D eigenvalue weighted by Crippen LogP contribution is -2.28. The Balaban J connectivity index is 3.47. The van der Waals surface area contributed by atoms with Crippen LogP contribution >= 0.6 is 0 Å². The normalized spacial score (nSPS) is 13.1. The van der Waals surface area contributed by atoms with Crippen molar-refractivity contribution in [2.75, 3.05) is 13.2 Å². The fraction of sp³-hybridized carbons (Fsp3) is 0.679. The molecule has 0 aromatic heterocycles. The van der Waals surface area contributed by atoms with Crippen molar-refractivity contribution >= 4 is 11.9 Å². The molecule has 0 spiro atoms. The number of carbonyl (C=O) groups is 2. The molecule has 86 heavy (non-hydrogen) atoms. The number of aliphatic hydroxyl groups is 1. The van der Waals surface area contributed by atoms with E-state index in [1.54, 1.807) is 0 Å². The third-order valence-corrected chi connectivity index (χ3v) is 15.6. The number of allylic oxidation sites excluding steroid dienone is 24. The lowest BCUT2D eigenvalue weighted by atomic mass is 10.0. The molecule has 0 radical (unpaired) electrons. The Bertz CT molecular complexity index is 1780. The summed E-state index contributed by atoms with van der Waals surface area (Å²) in [5.41, 5.74) is 0. The summed E-state index contributed by atoms with van der Waals surface area (Å²) in [6.45, 7) is 3.94. The SMILES string of the molecule is CC/C=C\C/C=C\C/C=C\C/C=C\C/C=C\C/C=C\C/C=C\CCCCCCCCCCCCCCCC(=O)OC(CO)COC(=O)CCCCCCCCCCCCCCCCCCCCCCC/C=C\C/C=C\C/C=C\C/C=C\C/C=C\CC. The van der Waals surface area contributed by atoms with E-state index in [1.165, 1.54) is 193 Å². The molecule has 5 heteroatoms. The smallest absolute Gasteiger partial charge is 0.306 e. The molecule has 0 aliphatic carbocycles. The summed E-state index contributed by atoms with van der Waals surface area (Å²) >= 11 is 0. The lowest BCUT2D eigenvalue weighted by Gasteiger charge is -2.15. The van der Waals surface area contributed by atoms with Gasteiger partial charge in [-0.05, 0) is 116 Å². The van der Waals surface area contributed by atoms with Gasteiger partial charge in [0.15, 0.2) is 6.10 Å². The molecule has 0 amide bonds. The van der Waals surface area contributed by atoms with Gasteiger partial charge in [-0.1, -0.05) is 352 Å². The second kappa shape index (κ2) is 75.0. The average molecular weight is 1190 g/mol. The molecule has 0 heterocycles. The summed E-state index contributed by atoms with van der Waals surface area (Å²) in [6.07, 6.45) is 113. The van der Waals surface area contributed by atoms with Crippen molar-refractivity contribution in [2.45, 2.75) is 341 Å². The minimum absolute atomic E-state index is 0.0689. The molecule has 0 aliphatic heterocycles. The molecule has 1 unspecified atom stereocenters. The first kappa shape index (κ1) is 81.8. The van der Waals surface area contributed by atoms with Gasteiger partial charge in [-0.3, -0.25) is 9.59 Å². The third kappa shape index (κ3) is 72.3. The van der Waals surface area contributed by atoms with Gasteiger partial charge in [0, 0.05) is 12.8 Å². The fourth-order valence-electron chi connectivity index (χ4n) is 10.3. The van der Waals surface area contributed by atoms with E-state index < -0.39 is 6.10 Å². The molecule has 0 aliphatic rings. The van der Waals surface area contributed by atoms with E-state index in [0.717, 1.165) is 116 Å². The Labute approximate surface area is 533 Å². The topological polar surface area (TPSA) is 72.8 Å². The Hall–Kier alpha value is -4.22. The van der Waals surface area contributed by atoms with Gasteiger partial charge in [0.05, 0.1) is 6.61 Å². The van der Waals surface area contributed by atoms with E-state index in [2.05, 4.69) is 160 Å². The molecule has 0 saturated heterocycles. The summed E-state index contributed by atoms with van der Waals surface area (Å²) in [5.74, 6) is -0.584. The van der Waals surface area contributed by atoms with Crippen LogP contribution in [0.4, 0.5) is 0 Å². The zero-order valence-corrected chi connectivity index (χ0v) is 56.3. The van der Waals surface area contributed by atoms with Gasteiger partial charge in [-0.2, -0.15) is 0 Å². The molecule has 0 saturated carbocycles. The summed E-state index contributed by atoms with van der Waals surface area (Å²) in [5, 5.41) is 9.72. The molecular weight excluding hydrogens is 1050 g/mol. The highest BCUT2D eigenvalue weighted by Crippen LogP contribution is 2.18. The predicted molar refractivity (Wildman–Crippen MR) is 380 cm³/mol. The number of ether oxygens (including phenoxy) is 2. The summed E-state index contributed by atoms with van der Waals surface area (Å²) < 4.78 is 10.8. The second-order valence-corrected chi connectivity index (χ2v) is 23.9. The van der Waals surface area contributed by atoms with E-state index in [9.17, 15) is 14.7 Å². The zero-order valence-electron chi connectivity index (χ0n) is 56.3. The van der Waals surface area contributed by atoms with Gasteiger partial charge >= 0.3 is 11.9 Å². The minimum atomic E-state index is -0.781. The number of hydrogen-bond acceptors (Lipinski definition) is 5. The maximum absolute atomic E-state index is 12.4. The van der Waals surface area contributed by atoms with Crippen LogP contribution in [0.2, 0.25) is 0 Å². The zero-order chi connectivity index (χ0) is 61.9. The highest BCUT2D eigenvalue weighted by atomic mass is 16.6. The first-order valence-corrected chi connectivity index (χ1v) is 36.4. The largest absolute Gasteiger partial charge is 0.462 e. The van der Waals surface area contributed by atoms with Crippen LogP contribution in [0, 0.1) is 0 Å². The lowest BCUT2D eigenvalue weighted by molar-refractivity contribution is -0.161. The minimum Gasteiger partial charge on any atom is -0.462 e. The van der Waals surface area contributed by atoms with Gasteiger partial charge in [0.2, 0.25) is 0 Å². The molecule has 5 nitrogen and oxygen atoms in total. The van der Waals surface area contributed by atoms with Crippen molar-refractivity contribution in [1.82, 2.24) is 0 Å². The first-order chi connectivity index (χ1) is 42.6. The number of esters is 2. The van der Waals surface area contributed by atoms with Crippen LogP contribution < -0.4 is 0 Å². The first-order valence-electron chi connectivity index (χ1n) is 36.4. The Morgan fingerprint density at radius 1 is 0.267 bits per heavy atom. The van der Waals surface area contributed by atoms with Crippen LogP contribution in [0.5, 0.6) is 0 Å². The second-order valence-electron chi connectivity index (χ2n) is 23.9. The predicted octanol–water partition coefficient (Wildman–Crippen LogP) is 25.7. The van der Waals surface area contributed by atoms with Gasteiger partial charge < -0.3 is 14.6 Å². The van der Waals surface area contributed by atoms with Crippen LogP contribution in [0.15, 0.2) is 146 Å². The standard InChI is InChI=1S/C81H136O5/c1-3-5-7-9-11-13-15-17-19-21-23-25-27-29-31-33-35-37-39-40-42-43-45-47-49-51-53-55-57-59-61-63-65-67-69-71-73-75-80(83)85-78-79(77-82)86-81(84)76-74-72-70-68-66-64-62-60-58-56-54-52-50-48-46-44-41-38-36-34-32-30-28-26-24-22-20-18-16-14-12-10-8-6-4-2/h5-8,11-14,17-20,23-26,29-32,36,38,44,46,79,82H,3-4,9-10,15-16,21-22,27-28,33-35,37,39-43,45,47-78H2,1-2H3/b7-5-,8-6-,13-11-,14-12-,19-17-,20-18-,25-23-,26-24-,31-29-,32-30-,38-36-,46-44-. The van der Waals surface area contributed by atoms with Crippen molar-refractivity contribution in [3.05, 3.63) is 146 Å². The van der Waals surface area contributed by atoms with Crippen molar-refractivity contribution in [3.8, 4) is 0 Å².